The van der Waals surface area contributed by atoms with Crippen LogP contribution in [0.1, 0.15) is 68.5 Å². The van der Waals surface area contributed by atoms with Crippen LogP contribution in [0.25, 0.3) is 0 Å². The van der Waals surface area contributed by atoms with Crippen LogP contribution in [-0.2, 0) is 22.5 Å². The molecule has 2 bridgehead atoms. The van der Waals surface area contributed by atoms with E-state index in [1.807, 2.05) is 60.4 Å². The second kappa shape index (κ2) is 16.2. The zero-order valence-electron chi connectivity index (χ0n) is 28.8. The molecule has 0 radical (unpaired) electrons. The van der Waals surface area contributed by atoms with Crippen LogP contribution in [0.15, 0.2) is 67.0 Å². The number of carbonyl (C=O) groups excluding carboxylic acids is 1. The maximum atomic E-state index is 14.1. The number of rotatable bonds is 14. The van der Waals surface area contributed by atoms with E-state index in [4.69, 9.17) is 37.4 Å². The Morgan fingerprint density at radius 1 is 1.00 bits per heavy atom. The summed E-state index contributed by atoms with van der Waals surface area (Å²) < 4.78 is 18.2. The van der Waals surface area contributed by atoms with Gasteiger partial charge in [-0.25, -0.2) is 9.59 Å². The van der Waals surface area contributed by atoms with Crippen molar-refractivity contribution in [3.8, 4) is 11.5 Å². The van der Waals surface area contributed by atoms with Gasteiger partial charge in [0.2, 0.25) is 12.4 Å². The average molecular weight is 756 g/mol. The first-order chi connectivity index (χ1) is 24.6. The average Bonchev–Trinajstić information content (AvgIpc) is 3.55. The van der Waals surface area contributed by atoms with E-state index in [9.17, 15) is 19.9 Å². The Balaban J connectivity index is 1.38. The molecule has 0 aliphatic carbocycles. The molecule has 13 heteroatoms. The minimum atomic E-state index is -1.07. The Morgan fingerprint density at radius 3 is 2.27 bits per heavy atom. The number of esters is 1. The lowest BCUT2D eigenvalue weighted by Crippen LogP contribution is -2.52. The number of nitrogens with zero attached hydrogens (tertiary/aromatic N) is 3. The number of hydrogen-bond acceptors (Lipinski definition) is 9. The number of halogens is 2. The molecule has 3 saturated heterocycles. The van der Waals surface area contributed by atoms with Crippen molar-refractivity contribution in [3.63, 3.8) is 0 Å². The minimum Gasteiger partial charge on any atom is -0.493 e. The van der Waals surface area contributed by atoms with Gasteiger partial charge in [-0.2, -0.15) is 0 Å². The number of carbonyl (C=O) groups is 2. The molecule has 4 aromatic rings. The van der Waals surface area contributed by atoms with E-state index in [1.165, 1.54) is 30.8 Å². The van der Waals surface area contributed by atoms with Crippen molar-refractivity contribution in [2.75, 3.05) is 40.4 Å². The highest BCUT2D eigenvalue weighted by molar-refractivity contribution is 7.14. The molecule has 7 rings (SSSR count). The molecule has 3 aliphatic rings. The van der Waals surface area contributed by atoms with Crippen molar-refractivity contribution < 1.29 is 38.8 Å². The maximum absolute atomic E-state index is 14.1. The molecule has 3 atom stereocenters. The van der Waals surface area contributed by atoms with Crippen LogP contribution >= 0.6 is 34.5 Å². The SMILES string of the molecule is CCN(Cc1cc([C@@H](Cc2c(Cl)c[n+](O)cc2Cl)c2ccc(OC)c(OC)c2)c(C(=O)O)s1)C(C(=O)O[C@H]1CN2CCC1CC2)c1ccccc1. The smallest absolute Gasteiger partial charge is 0.346 e. The summed E-state index contributed by atoms with van der Waals surface area (Å²) in [5.74, 6) is -0.532. The van der Waals surface area contributed by atoms with E-state index < -0.39 is 17.9 Å². The number of carboxylic acid groups (broad SMARTS) is 1. The van der Waals surface area contributed by atoms with Gasteiger partial charge in [-0.05, 0) is 79.7 Å². The van der Waals surface area contributed by atoms with Gasteiger partial charge < -0.3 is 19.3 Å². The summed E-state index contributed by atoms with van der Waals surface area (Å²) >= 11 is 14.4. The number of aromatic carboxylic acids is 1. The van der Waals surface area contributed by atoms with E-state index in [-0.39, 0.29) is 33.4 Å². The Kier molecular flexibility index (Phi) is 11.7. The van der Waals surface area contributed by atoms with Gasteiger partial charge in [0.15, 0.2) is 11.5 Å². The lowest BCUT2D eigenvalue weighted by atomic mass is 9.85. The maximum Gasteiger partial charge on any atom is 0.346 e. The Labute approximate surface area is 311 Å². The lowest BCUT2D eigenvalue weighted by Gasteiger charge is -2.44. The number of pyridine rings is 1. The predicted octanol–water partition coefficient (Wildman–Crippen LogP) is 6.87. The van der Waals surface area contributed by atoms with Gasteiger partial charge in [0, 0.05) is 34.2 Å². The standard InChI is InChI=1S/C38H41Cl2N3O7S/c1-4-42(35(24-8-6-5-7-9-24)38(46)50-34-22-41-14-12-23(34)13-15-41)19-26-17-28(36(51-26)37(44)45)27(18-29-30(39)20-43(47)21-31(29)40)25-10-11-32(48-2)33(16-25)49-3/h5-11,16-17,20-21,23,27,34-35H,4,12-15,18-19,22H2,1-3H3,(H-,44,45,47)/p+1/t27-,34-,35?/m0/s1. The molecule has 3 fully saturated rings. The van der Waals surface area contributed by atoms with Gasteiger partial charge in [-0.3, -0.25) is 15.0 Å². The van der Waals surface area contributed by atoms with E-state index in [0.29, 0.717) is 41.6 Å². The Hall–Kier alpha value is -3.87. The van der Waals surface area contributed by atoms with Crippen LogP contribution < -0.4 is 14.2 Å². The van der Waals surface area contributed by atoms with Crippen LogP contribution in [0.2, 0.25) is 10.0 Å². The molecule has 3 aliphatic heterocycles. The highest BCUT2D eigenvalue weighted by Crippen LogP contribution is 2.42. The van der Waals surface area contributed by atoms with Crippen molar-refractivity contribution >= 4 is 46.5 Å². The summed E-state index contributed by atoms with van der Waals surface area (Å²) in [6, 6.07) is 16.3. The van der Waals surface area contributed by atoms with Gasteiger partial charge in [0.05, 0.1) is 14.2 Å². The van der Waals surface area contributed by atoms with Gasteiger partial charge in [0.25, 0.3) is 0 Å². The fraction of sp³-hybridized carbons (Fsp3) is 0.395. The number of aromatic nitrogens is 1. The number of piperidine rings is 3. The number of likely N-dealkylation sites (N-methyl/N-ethyl adjacent to an activating group) is 1. The molecule has 2 aromatic carbocycles. The summed E-state index contributed by atoms with van der Waals surface area (Å²) in [5.41, 5.74) is 2.67. The first-order valence-corrected chi connectivity index (χ1v) is 18.5. The molecular formula is C38H42Cl2N3O7S+. The third-order valence-electron chi connectivity index (χ3n) is 10.0. The predicted molar refractivity (Wildman–Crippen MR) is 195 cm³/mol. The number of benzene rings is 2. The molecule has 51 heavy (non-hydrogen) atoms. The number of thiophene rings is 1. The second-order valence-corrected chi connectivity index (χ2v) is 14.9. The molecule has 2 aromatic heterocycles. The first kappa shape index (κ1) is 36.9. The third-order valence-corrected chi connectivity index (χ3v) is 11.8. The molecule has 5 heterocycles. The summed E-state index contributed by atoms with van der Waals surface area (Å²) in [6.07, 6.45) is 4.81. The number of ether oxygens (including phenoxy) is 3. The van der Waals surface area contributed by atoms with E-state index in [1.54, 1.807) is 13.2 Å². The molecule has 2 N–H and O–H groups in total. The summed E-state index contributed by atoms with van der Waals surface area (Å²) in [6.45, 7) is 5.66. The lowest BCUT2D eigenvalue weighted by molar-refractivity contribution is -0.904. The van der Waals surface area contributed by atoms with E-state index in [2.05, 4.69) is 4.90 Å². The second-order valence-electron chi connectivity index (χ2n) is 13.0. The van der Waals surface area contributed by atoms with Crippen LogP contribution in [-0.4, -0.2) is 78.6 Å². The highest BCUT2D eigenvalue weighted by atomic mass is 35.5. The van der Waals surface area contributed by atoms with Crippen molar-refractivity contribution in [3.05, 3.63) is 109 Å². The Bertz CT molecular complexity index is 1840. The van der Waals surface area contributed by atoms with Gasteiger partial charge in [0.1, 0.15) is 27.1 Å². The van der Waals surface area contributed by atoms with Crippen molar-refractivity contribution in [1.29, 1.82) is 0 Å². The van der Waals surface area contributed by atoms with Crippen molar-refractivity contribution in [2.45, 2.75) is 50.8 Å². The molecule has 0 spiro atoms. The summed E-state index contributed by atoms with van der Waals surface area (Å²) in [4.78, 5) is 32.4. The molecule has 1 unspecified atom stereocenters. The molecular weight excluding hydrogens is 713 g/mol. The third kappa shape index (κ3) is 8.13. The number of fused-ring (bicyclic) bond motifs is 3. The largest absolute Gasteiger partial charge is 0.493 e. The topological polar surface area (TPSA) is 113 Å². The van der Waals surface area contributed by atoms with Crippen LogP contribution in [0.5, 0.6) is 11.5 Å². The zero-order valence-corrected chi connectivity index (χ0v) is 31.1. The molecule has 0 amide bonds. The van der Waals surface area contributed by atoms with Crippen LogP contribution in [0.3, 0.4) is 0 Å². The number of carboxylic acids is 1. The molecule has 270 valence electrons. The van der Waals surface area contributed by atoms with E-state index in [0.717, 1.165) is 53.2 Å². The molecule has 10 nitrogen and oxygen atoms in total. The van der Waals surface area contributed by atoms with Gasteiger partial charge >= 0.3 is 11.9 Å². The van der Waals surface area contributed by atoms with Crippen LogP contribution in [0, 0.1) is 5.92 Å². The zero-order chi connectivity index (χ0) is 36.2. The quantitative estimate of drug-likeness (QED) is 0.0810. The normalized spacial score (nSPS) is 19.5. The van der Waals surface area contributed by atoms with Crippen molar-refractivity contribution in [1.82, 2.24) is 9.80 Å². The monoisotopic (exact) mass is 754 g/mol. The highest BCUT2D eigenvalue weighted by Gasteiger charge is 2.39. The van der Waals surface area contributed by atoms with Gasteiger partial charge in [-0.1, -0.05) is 66.5 Å². The minimum absolute atomic E-state index is 0.143. The fourth-order valence-corrected chi connectivity index (χ4v) is 9.04. The first-order valence-electron chi connectivity index (χ1n) is 17.0. The summed E-state index contributed by atoms with van der Waals surface area (Å²) in [7, 11) is 3.09. The van der Waals surface area contributed by atoms with Gasteiger partial charge in [-0.15, -0.1) is 11.3 Å². The van der Waals surface area contributed by atoms with Crippen LogP contribution in [0.4, 0.5) is 0 Å². The number of methoxy groups -OCH3 is 2. The Morgan fingerprint density at radius 2 is 1.69 bits per heavy atom. The van der Waals surface area contributed by atoms with E-state index >= 15 is 0 Å². The van der Waals surface area contributed by atoms with Crippen molar-refractivity contribution in [2.24, 2.45) is 5.92 Å². The summed E-state index contributed by atoms with van der Waals surface area (Å²) in [5, 5.41) is 21.0. The number of hydrogen-bond donors (Lipinski definition) is 2. The fourth-order valence-electron chi connectivity index (χ4n) is 7.35. The molecule has 0 saturated carbocycles.